The molecule has 32 heavy (non-hydrogen) atoms. The molecule has 6 N–H and O–H groups in total. The summed E-state index contributed by atoms with van der Waals surface area (Å²) in [5.41, 5.74) is 19.6. The number of ether oxygens (including phenoxy) is 1. The second-order valence-corrected chi connectivity index (χ2v) is 9.71. The third-order valence-electron chi connectivity index (χ3n) is 6.48. The number of fused-ring (bicyclic) bond motifs is 1. The largest absolute Gasteiger partial charge is 0.398 e. The molecule has 12 heteroatoms. The van der Waals surface area contributed by atoms with Crippen molar-refractivity contribution in [1.29, 1.82) is 0 Å². The molecule has 0 saturated carbocycles. The van der Waals surface area contributed by atoms with Gasteiger partial charge in [-0.3, -0.25) is 4.40 Å². The van der Waals surface area contributed by atoms with Crippen LogP contribution in [0.5, 0.6) is 0 Å². The summed E-state index contributed by atoms with van der Waals surface area (Å²) < 4.78 is 21.2. The highest BCUT2D eigenvalue weighted by molar-refractivity contribution is 7.99. The summed E-state index contributed by atoms with van der Waals surface area (Å²) in [6.45, 7) is 2.06. The van der Waals surface area contributed by atoms with Crippen LogP contribution in [-0.2, 0) is 11.4 Å². The van der Waals surface area contributed by atoms with Gasteiger partial charge in [0.05, 0.1) is 28.8 Å². The molecule has 3 aromatic heterocycles. The van der Waals surface area contributed by atoms with Gasteiger partial charge in [-0.25, -0.2) is 9.37 Å². The fourth-order valence-corrected chi connectivity index (χ4v) is 5.70. The lowest BCUT2D eigenvalue weighted by atomic mass is 9.75. The lowest BCUT2D eigenvalue weighted by Gasteiger charge is -2.41. The van der Waals surface area contributed by atoms with Crippen molar-refractivity contribution < 1.29 is 9.13 Å². The van der Waals surface area contributed by atoms with Crippen molar-refractivity contribution in [1.82, 2.24) is 19.6 Å². The molecule has 5 heterocycles. The van der Waals surface area contributed by atoms with Crippen LogP contribution in [-0.4, -0.2) is 51.9 Å². The van der Waals surface area contributed by atoms with Gasteiger partial charge in [0.1, 0.15) is 18.3 Å². The number of hydrogen-bond donors (Lipinski definition) is 3. The van der Waals surface area contributed by atoms with Crippen molar-refractivity contribution in [3.05, 3.63) is 29.2 Å². The summed E-state index contributed by atoms with van der Waals surface area (Å²) in [6.07, 6.45) is 3.36. The molecule has 0 aliphatic carbocycles. The molecule has 2 fully saturated rings. The lowest BCUT2D eigenvalue weighted by Crippen LogP contribution is -2.49. The Morgan fingerprint density at radius 2 is 2.06 bits per heavy atom. The van der Waals surface area contributed by atoms with Crippen LogP contribution in [0.3, 0.4) is 0 Å². The van der Waals surface area contributed by atoms with Crippen LogP contribution >= 0.6 is 23.4 Å². The molecule has 0 unspecified atom stereocenters. The Labute approximate surface area is 193 Å². The summed E-state index contributed by atoms with van der Waals surface area (Å²) in [5, 5.41) is 8.65. The minimum atomic E-state index is -0.748. The molecule has 5 rings (SSSR count). The maximum Gasteiger partial charge on any atom is 0.178 e. The van der Waals surface area contributed by atoms with Crippen LogP contribution in [0, 0.1) is 5.41 Å². The Bertz CT molecular complexity index is 1170. The first kappa shape index (κ1) is 21.5. The predicted octanol–water partition coefficient (Wildman–Crippen LogP) is 2.51. The number of nitrogens with two attached hydrogens (primary N) is 3. The SMILES string of the molecule is Nc1cc(N2CCC3(CC2)COC[C@H]3N)n2c(CF)nnc2c1Sc1ccnc(N)c1Cl. The van der Waals surface area contributed by atoms with E-state index in [0.29, 0.717) is 39.4 Å². The van der Waals surface area contributed by atoms with E-state index in [9.17, 15) is 4.39 Å². The molecule has 1 spiro atoms. The smallest absolute Gasteiger partial charge is 0.178 e. The van der Waals surface area contributed by atoms with E-state index >= 15 is 0 Å². The summed E-state index contributed by atoms with van der Waals surface area (Å²) >= 11 is 7.63. The number of rotatable bonds is 4. The van der Waals surface area contributed by atoms with Gasteiger partial charge in [-0.15, -0.1) is 10.2 Å². The molecule has 0 radical (unpaired) electrons. The van der Waals surface area contributed by atoms with Gasteiger partial charge in [0, 0.05) is 41.7 Å². The quantitative estimate of drug-likeness (QED) is 0.517. The van der Waals surface area contributed by atoms with E-state index in [0.717, 1.165) is 31.7 Å². The van der Waals surface area contributed by atoms with Crippen molar-refractivity contribution in [3.63, 3.8) is 0 Å². The first-order valence-corrected chi connectivity index (χ1v) is 11.5. The van der Waals surface area contributed by atoms with E-state index in [1.807, 2.05) is 6.07 Å². The van der Waals surface area contributed by atoms with Crippen molar-refractivity contribution >= 4 is 46.3 Å². The molecule has 170 valence electrons. The zero-order chi connectivity index (χ0) is 22.5. The number of halogens is 2. The molecule has 9 nitrogen and oxygen atoms in total. The highest BCUT2D eigenvalue weighted by Crippen LogP contribution is 2.43. The van der Waals surface area contributed by atoms with E-state index in [1.54, 1.807) is 16.7 Å². The molecule has 2 aliphatic rings. The predicted molar refractivity (Wildman–Crippen MR) is 123 cm³/mol. The fraction of sp³-hybridized carbons (Fsp3) is 0.450. The zero-order valence-electron chi connectivity index (χ0n) is 17.3. The number of pyridine rings is 2. The second-order valence-electron chi connectivity index (χ2n) is 8.28. The average Bonchev–Trinajstić information content (AvgIpc) is 3.37. The van der Waals surface area contributed by atoms with E-state index in [4.69, 9.17) is 33.5 Å². The Hall–Kier alpha value is -2.34. The van der Waals surface area contributed by atoms with Gasteiger partial charge in [0.15, 0.2) is 11.5 Å². The average molecular weight is 479 g/mol. The molecule has 2 aliphatic heterocycles. The normalized spacial score (nSPS) is 20.5. The molecule has 2 saturated heterocycles. The van der Waals surface area contributed by atoms with Gasteiger partial charge in [0.25, 0.3) is 0 Å². The molecule has 3 aromatic rings. The number of anilines is 3. The minimum absolute atomic E-state index is 0.00504. The Balaban J connectivity index is 1.53. The second kappa shape index (κ2) is 8.22. The Morgan fingerprint density at radius 1 is 1.28 bits per heavy atom. The van der Waals surface area contributed by atoms with Crippen LogP contribution in [0.25, 0.3) is 5.65 Å². The van der Waals surface area contributed by atoms with Crippen molar-refractivity contribution in [3.8, 4) is 0 Å². The lowest BCUT2D eigenvalue weighted by molar-refractivity contribution is 0.131. The van der Waals surface area contributed by atoms with Gasteiger partial charge in [-0.2, -0.15) is 0 Å². The van der Waals surface area contributed by atoms with Crippen molar-refractivity contribution in [2.24, 2.45) is 11.1 Å². The topological polar surface area (TPSA) is 134 Å². The Kier molecular flexibility index (Phi) is 5.52. The number of alkyl halides is 1. The highest BCUT2D eigenvalue weighted by Gasteiger charge is 2.44. The molecule has 0 aromatic carbocycles. The van der Waals surface area contributed by atoms with E-state index in [2.05, 4.69) is 20.1 Å². The summed E-state index contributed by atoms with van der Waals surface area (Å²) in [6, 6.07) is 3.64. The van der Waals surface area contributed by atoms with Crippen LogP contribution in [0.2, 0.25) is 5.02 Å². The number of nitrogens with zero attached hydrogens (tertiary/aromatic N) is 5. The fourth-order valence-electron chi connectivity index (χ4n) is 4.53. The number of piperidine rings is 1. The first-order chi connectivity index (χ1) is 15.4. The maximum atomic E-state index is 13.8. The standard InChI is InChI=1S/C20H24ClFN8OS/c21-16-12(1-4-26-18(16)25)32-17-11(23)7-15(30-14(8-22)27-28-19(17)30)29-5-2-20(3-6-29)10-31-9-13(20)24/h1,4,7,13H,2-3,5-6,8-10,23-24H2,(H2,25,26)/t13-/m1/s1. The molecule has 1 atom stereocenters. The van der Waals surface area contributed by atoms with Crippen LogP contribution in [0.1, 0.15) is 18.7 Å². The van der Waals surface area contributed by atoms with Gasteiger partial charge in [-0.1, -0.05) is 23.4 Å². The summed E-state index contributed by atoms with van der Waals surface area (Å²) in [4.78, 5) is 7.49. The maximum absolute atomic E-state index is 13.8. The molecular formula is C20H24ClFN8OS. The third-order valence-corrected chi connectivity index (χ3v) is 8.17. The first-order valence-electron chi connectivity index (χ1n) is 10.3. The van der Waals surface area contributed by atoms with E-state index in [-0.39, 0.29) is 23.1 Å². The molecule has 0 amide bonds. The third kappa shape index (κ3) is 3.43. The van der Waals surface area contributed by atoms with Gasteiger partial charge >= 0.3 is 0 Å². The highest BCUT2D eigenvalue weighted by atomic mass is 35.5. The van der Waals surface area contributed by atoms with Crippen molar-refractivity contribution in [2.75, 3.05) is 42.7 Å². The van der Waals surface area contributed by atoms with Crippen LogP contribution in [0.4, 0.5) is 21.7 Å². The van der Waals surface area contributed by atoms with Gasteiger partial charge < -0.3 is 26.8 Å². The van der Waals surface area contributed by atoms with Gasteiger partial charge in [-0.05, 0) is 18.9 Å². The van der Waals surface area contributed by atoms with E-state index < -0.39 is 6.67 Å². The van der Waals surface area contributed by atoms with E-state index in [1.165, 1.54) is 11.8 Å². The summed E-state index contributed by atoms with van der Waals surface area (Å²) in [7, 11) is 0. The zero-order valence-corrected chi connectivity index (χ0v) is 18.9. The Morgan fingerprint density at radius 3 is 2.75 bits per heavy atom. The minimum Gasteiger partial charge on any atom is -0.398 e. The monoisotopic (exact) mass is 478 g/mol. The number of hydrogen-bond acceptors (Lipinski definition) is 9. The van der Waals surface area contributed by atoms with Crippen LogP contribution < -0.4 is 22.1 Å². The molecule has 0 bridgehead atoms. The number of nitrogen functional groups attached to an aromatic ring is 2. The number of aromatic nitrogens is 4. The molecular weight excluding hydrogens is 455 g/mol. The van der Waals surface area contributed by atoms with Crippen LogP contribution in [0.15, 0.2) is 28.1 Å². The van der Waals surface area contributed by atoms with Crippen molar-refractivity contribution in [2.45, 2.75) is 35.3 Å². The van der Waals surface area contributed by atoms with Gasteiger partial charge in [0.2, 0.25) is 0 Å². The summed E-state index contributed by atoms with van der Waals surface area (Å²) in [5.74, 6) is 1.21.